The summed E-state index contributed by atoms with van der Waals surface area (Å²) in [6.45, 7) is 4.99. The Balaban J connectivity index is 1.74. The standard InChI is InChI=1S/C12H21N3O/c1-12(5-3-7-16-10-12)13-6-4-11-8-14-15(2)9-11/h8-9,13H,3-7,10H2,1-2H3. The highest BCUT2D eigenvalue weighted by atomic mass is 16.5. The molecule has 1 aliphatic heterocycles. The second-order valence-corrected chi connectivity index (χ2v) is 4.92. The minimum atomic E-state index is 0.167. The number of aryl methyl sites for hydroxylation is 1. The monoisotopic (exact) mass is 223 g/mol. The predicted molar refractivity (Wildman–Crippen MR) is 63.4 cm³/mol. The van der Waals surface area contributed by atoms with Gasteiger partial charge < -0.3 is 10.1 Å². The van der Waals surface area contributed by atoms with Gasteiger partial charge in [0, 0.05) is 25.4 Å². The van der Waals surface area contributed by atoms with E-state index in [1.165, 1.54) is 12.0 Å². The molecule has 2 rings (SSSR count). The summed E-state index contributed by atoms with van der Waals surface area (Å²) in [4.78, 5) is 0. The smallest absolute Gasteiger partial charge is 0.0645 e. The number of ether oxygens (including phenoxy) is 1. The second-order valence-electron chi connectivity index (χ2n) is 4.92. The summed E-state index contributed by atoms with van der Waals surface area (Å²) in [5.41, 5.74) is 1.45. The number of rotatable bonds is 4. The minimum Gasteiger partial charge on any atom is -0.380 e. The Morgan fingerprint density at radius 2 is 2.50 bits per heavy atom. The Morgan fingerprint density at radius 3 is 3.12 bits per heavy atom. The van der Waals surface area contributed by atoms with Crippen molar-refractivity contribution in [2.75, 3.05) is 19.8 Å². The molecule has 0 amide bonds. The predicted octanol–water partition coefficient (Wildman–Crippen LogP) is 1.12. The normalized spacial score (nSPS) is 25.9. The van der Waals surface area contributed by atoms with Crippen LogP contribution in [0.5, 0.6) is 0 Å². The van der Waals surface area contributed by atoms with Crippen LogP contribution in [-0.4, -0.2) is 35.1 Å². The fourth-order valence-corrected chi connectivity index (χ4v) is 2.18. The van der Waals surface area contributed by atoms with E-state index >= 15 is 0 Å². The zero-order valence-electron chi connectivity index (χ0n) is 10.2. The van der Waals surface area contributed by atoms with Crippen molar-refractivity contribution >= 4 is 0 Å². The van der Waals surface area contributed by atoms with Gasteiger partial charge in [-0.2, -0.15) is 5.10 Å². The molecule has 1 unspecified atom stereocenters. The Hall–Kier alpha value is -0.870. The van der Waals surface area contributed by atoms with Crippen LogP contribution >= 0.6 is 0 Å². The first-order valence-corrected chi connectivity index (χ1v) is 5.98. The highest BCUT2D eigenvalue weighted by Gasteiger charge is 2.26. The molecule has 90 valence electrons. The molecule has 0 spiro atoms. The number of aromatic nitrogens is 2. The molecule has 1 N–H and O–H groups in total. The third-order valence-corrected chi connectivity index (χ3v) is 3.16. The van der Waals surface area contributed by atoms with Crippen molar-refractivity contribution < 1.29 is 4.74 Å². The van der Waals surface area contributed by atoms with Crippen LogP contribution in [0.3, 0.4) is 0 Å². The summed E-state index contributed by atoms with van der Waals surface area (Å²) in [7, 11) is 1.95. The Kier molecular flexibility index (Phi) is 3.61. The van der Waals surface area contributed by atoms with Crippen LogP contribution in [0.1, 0.15) is 25.3 Å². The summed E-state index contributed by atoms with van der Waals surface area (Å²) in [5.74, 6) is 0. The first kappa shape index (κ1) is 11.6. The third kappa shape index (κ3) is 3.06. The van der Waals surface area contributed by atoms with Crippen LogP contribution in [0.25, 0.3) is 0 Å². The van der Waals surface area contributed by atoms with E-state index in [0.29, 0.717) is 0 Å². The lowest BCUT2D eigenvalue weighted by molar-refractivity contribution is 0.0289. The van der Waals surface area contributed by atoms with Gasteiger partial charge in [-0.05, 0) is 38.3 Å². The maximum Gasteiger partial charge on any atom is 0.0645 e. The van der Waals surface area contributed by atoms with E-state index in [1.54, 1.807) is 0 Å². The minimum absolute atomic E-state index is 0.167. The van der Waals surface area contributed by atoms with E-state index in [0.717, 1.165) is 32.6 Å². The fraction of sp³-hybridized carbons (Fsp3) is 0.750. The van der Waals surface area contributed by atoms with Gasteiger partial charge >= 0.3 is 0 Å². The maximum absolute atomic E-state index is 5.51. The van der Waals surface area contributed by atoms with Gasteiger partial charge in [0.25, 0.3) is 0 Å². The lowest BCUT2D eigenvalue weighted by Gasteiger charge is -2.34. The Bertz CT molecular complexity index is 329. The molecule has 16 heavy (non-hydrogen) atoms. The number of hydrogen-bond acceptors (Lipinski definition) is 3. The SMILES string of the molecule is Cn1cc(CCNC2(C)CCCOC2)cn1. The zero-order valence-corrected chi connectivity index (χ0v) is 10.2. The van der Waals surface area contributed by atoms with Crippen molar-refractivity contribution in [3.8, 4) is 0 Å². The summed E-state index contributed by atoms with van der Waals surface area (Å²) in [5, 5.41) is 7.76. The van der Waals surface area contributed by atoms with Gasteiger partial charge in [0.1, 0.15) is 0 Å². The first-order chi connectivity index (χ1) is 7.68. The number of nitrogens with one attached hydrogen (secondary N) is 1. The Morgan fingerprint density at radius 1 is 1.62 bits per heavy atom. The molecule has 1 atom stereocenters. The van der Waals surface area contributed by atoms with Gasteiger partial charge in [0.05, 0.1) is 12.8 Å². The van der Waals surface area contributed by atoms with Gasteiger partial charge in [-0.25, -0.2) is 0 Å². The quantitative estimate of drug-likeness (QED) is 0.831. The molecular weight excluding hydrogens is 202 g/mol. The molecule has 0 bridgehead atoms. The van der Waals surface area contributed by atoms with Gasteiger partial charge in [-0.3, -0.25) is 4.68 Å². The summed E-state index contributed by atoms with van der Waals surface area (Å²) in [6.07, 6.45) is 7.41. The topological polar surface area (TPSA) is 39.1 Å². The van der Waals surface area contributed by atoms with Crippen LogP contribution in [0.4, 0.5) is 0 Å². The largest absolute Gasteiger partial charge is 0.380 e. The van der Waals surface area contributed by atoms with Crippen molar-refractivity contribution in [3.63, 3.8) is 0 Å². The third-order valence-electron chi connectivity index (χ3n) is 3.16. The molecule has 0 aromatic carbocycles. The average Bonchev–Trinajstić information content (AvgIpc) is 2.65. The Labute approximate surface area is 97.0 Å². The van der Waals surface area contributed by atoms with Crippen LogP contribution in [0.15, 0.2) is 12.4 Å². The van der Waals surface area contributed by atoms with Gasteiger partial charge in [-0.15, -0.1) is 0 Å². The molecule has 1 aromatic heterocycles. The van der Waals surface area contributed by atoms with E-state index < -0.39 is 0 Å². The van der Waals surface area contributed by atoms with Crippen LogP contribution < -0.4 is 5.32 Å². The molecule has 0 aliphatic carbocycles. The molecule has 1 aromatic rings. The van der Waals surface area contributed by atoms with Crippen molar-refractivity contribution in [2.24, 2.45) is 7.05 Å². The molecule has 1 fully saturated rings. The molecule has 0 saturated carbocycles. The fourth-order valence-electron chi connectivity index (χ4n) is 2.18. The maximum atomic E-state index is 5.51. The zero-order chi connectivity index (χ0) is 11.4. The lowest BCUT2D eigenvalue weighted by Crippen LogP contribution is -2.49. The second kappa shape index (κ2) is 4.97. The average molecular weight is 223 g/mol. The molecule has 1 saturated heterocycles. The van der Waals surface area contributed by atoms with Crippen LogP contribution in [-0.2, 0) is 18.2 Å². The van der Waals surface area contributed by atoms with Gasteiger partial charge in [0.2, 0.25) is 0 Å². The van der Waals surface area contributed by atoms with E-state index in [9.17, 15) is 0 Å². The highest BCUT2D eigenvalue weighted by molar-refractivity contribution is 5.04. The van der Waals surface area contributed by atoms with Crippen molar-refractivity contribution in [2.45, 2.75) is 31.7 Å². The van der Waals surface area contributed by atoms with Crippen LogP contribution in [0, 0.1) is 0 Å². The van der Waals surface area contributed by atoms with Gasteiger partial charge in [0.15, 0.2) is 0 Å². The molecule has 4 nitrogen and oxygen atoms in total. The van der Waals surface area contributed by atoms with E-state index in [2.05, 4.69) is 23.5 Å². The van der Waals surface area contributed by atoms with Crippen molar-refractivity contribution in [1.82, 2.24) is 15.1 Å². The molecular formula is C12H21N3O. The van der Waals surface area contributed by atoms with Crippen LogP contribution in [0.2, 0.25) is 0 Å². The number of hydrogen-bond donors (Lipinski definition) is 1. The molecule has 4 heteroatoms. The number of nitrogens with zero attached hydrogens (tertiary/aromatic N) is 2. The van der Waals surface area contributed by atoms with E-state index in [4.69, 9.17) is 4.74 Å². The summed E-state index contributed by atoms with van der Waals surface area (Å²) < 4.78 is 7.36. The first-order valence-electron chi connectivity index (χ1n) is 5.98. The lowest BCUT2D eigenvalue weighted by atomic mass is 9.95. The van der Waals surface area contributed by atoms with E-state index in [1.807, 2.05) is 17.9 Å². The molecule has 2 heterocycles. The molecule has 1 aliphatic rings. The van der Waals surface area contributed by atoms with Gasteiger partial charge in [-0.1, -0.05) is 0 Å². The van der Waals surface area contributed by atoms with Crippen molar-refractivity contribution in [1.29, 1.82) is 0 Å². The van der Waals surface area contributed by atoms with E-state index in [-0.39, 0.29) is 5.54 Å². The summed E-state index contributed by atoms with van der Waals surface area (Å²) >= 11 is 0. The molecule has 0 radical (unpaired) electrons. The van der Waals surface area contributed by atoms with Crippen molar-refractivity contribution in [3.05, 3.63) is 18.0 Å². The highest BCUT2D eigenvalue weighted by Crippen LogP contribution is 2.17. The summed E-state index contributed by atoms with van der Waals surface area (Å²) in [6, 6.07) is 0.